The number of oxazole rings is 1. The molecule has 0 atom stereocenters. The van der Waals surface area contributed by atoms with Crippen LogP contribution in [0.15, 0.2) is 80.4 Å². The van der Waals surface area contributed by atoms with Gasteiger partial charge in [-0.3, -0.25) is 0 Å². The molecular formula is C20H11NO3. The highest BCUT2D eigenvalue weighted by Gasteiger charge is 2.16. The molecule has 0 spiro atoms. The minimum absolute atomic E-state index is 0.421. The minimum atomic E-state index is -0.421. The van der Waals surface area contributed by atoms with Crippen LogP contribution in [-0.2, 0) is 0 Å². The van der Waals surface area contributed by atoms with Gasteiger partial charge in [0, 0.05) is 11.5 Å². The van der Waals surface area contributed by atoms with Crippen LogP contribution in [0.2, 0.25) is 0 Å². The number of para-hydroxylation sites is 2. The second kappa shape index (κ2) is 4.80. The summed E-state index contributed by atoms with van der Waals surface area (Å²) in [6.07, 6.45) is 0. The fourth-order valence-corrected chi connectivity index (χ4v) is 3.10. The summed E-state index contributed by atoms with van der Waals surface area (Å²) in [4.78, 5) is 16.5. The van der Waals surface area contributed by atoms with Gasteiger partial charge in [0.2, 0.25) is 5.89 Å². The van der Waals surface area contributed by atoms with Crippen LogP contribution in [-0.4, -0.2) is 4.98 Å². The van der Waals surface area contributed by atoms with Crippen LogP contribution >= 0.6 is 0 Å². The van der Waals surface area contributed by atoms with E-state index in [0.717, 1.165) is 21.7 Å². The second-order valence-electron chi connectivity index (χ2n) is 5.63. The van der Waals surface area contributed by atoms with E-state index in [1.807, 2.05) is 60.7 Å². The summed E-state index contributed by atoms with van der Waals surface area (Å²) in [7, 11) is 0. The first-order chi connectivity index (χ1) is 11.8. The fourth-order valence-electron chi connectivity index (χ4n) is 3.10. The van der Waals surface area contributed by atoms with Gasteiger partial charge in [-0.2, -0.15) is 0 Å². The first-order valence-corrected chi connectivity index (χ1v) is 7.61. The maximum Gasteiger partial charge on any atom is 0.337 e. The summed E-state index contributed by atoms with van der Waals surface area (Å²) in [5, 5.41) is 2.89. The number of aromatic nitrogens is 1. The molecule has 4 heteroatoms. The molecule has 114 valence electrons. The molecule has 0 saturated heterocycles. The molecule has 2 heterocycles. The van der Waals surface area contributed by atoms with E-state index in [2.05, 4.69) is 4.98 Å². The Labute approximate surface area is 136 Å². The smallest absolute Gasteiger partial charge is 0.337 e. The van der Waals surface area contributed by atoms with Crippen molar-refractivity contribution in [3.05, 3.63) is 77.2 Å². The summed E-state index contributed by atoms with van der Waals surface area (Å²) in [6.45, 7) is 0. The van der Waals surface area contributed by atoms with Gasteiger partial charge in [-0.05, 0) is 29.0 Å². The third-order valence-corrected chi connectivity index (χ3v) is 4.16. The summed E-state index contributed by atoms with van der Waals surface area (Å²) in [5.41, 5.74) is 2.20. The molecule has 5 aromatic rings. The van der Waals surface area contributed by atoms with Crippen molar-refractivity contribution in [2.75, 3.05) is 0 Å². The summed E-state index contributed by atoms with van der Waals surface area (Å²) >= 11 is 0. The average molecular weight is 313 g/mol. The molecule has 0 fully saturated rings. The molecule has 0 amide bonds. The van der Waals surface area contributed by atoms with Crippen molar-refractivity contribution in [1.29, 1.82) is 0 Å². The monoisotopic (exact) mass is 313 g/mol. The van der Waals surface area contributed by atoms with E-state index in [9.17, 15) is 4.79 Å². The maximum absolute atomic E-state index is 12.0. The number of hydrogen-bond acceptors (Lipinski definition) is 4. The van der Waals surface area contributed by atoms with Gasteiger partial charge in [-0.1, -0.05) is 42.5 Å². The molecule has 0 radical (unpaired) electrons. The van der Waals surface area contributed by atoms with Gasteiger partial charge in [0.1, 0.15) is 11.1 Å². The van der Waals surface area contributed by atoms with Crippen LogP contribution in [0.3, 0.4) is 0 Å². The van der Waals surface area contributed by atoms with Crippen molar-refractivity contribution in [2.24, 2.45) is 0 Å². The molecule has 0 aliphatic heterocycles. The average Bonchev–Trinajstić information content (AvgIpc) is 3.04. The largest absolute Gasteiger partial charge is 0.436 e. The number of rotatable bonds is 1. The fraction of sp³-hybridized carbons (Fsp3) is 0. The van der Waals surface area contributed by atoms with E-state index in [1.54, 1.807) is 0 Å². The van der Waals surface area contributed by atoms with E-state index in [-0.39, 0.29) is 0 Å². The van der Waals surface area contributed by atoms with Crippen LogP contribution in [0.4, 0.5) is 0 Å². The highest BCUT2D eigenvalue weighted by atomic mass is 16.4. The Bertz CT molecular complexity index is 1250. The quantitative estimate of drug-likeness (QED) is 0.331. The molecule has 0 saturated carbocycles. The van der Waals surface area contributed by atoms with Gasteiger partial charge in [0.05, 0.1) is 5.56 Å². The predicted octanol–water partition coefficient (Wildman–Crippen LogP) is 4.75. The van der Waals surface area contributed by atoms with E-state index in [0.29, 0.717) is 22.6 Å². The first-order valence-electron chi connectivity index (χ1n) is 7.61. The topological polar surface area (TPSA) is 56.2 Å². The zero-order valence-corrected chi connectivity index (χ0v) is 12.5. The molecule has 5 rings (SSSR count). The Hall–Kier alpha value is -3.40. The van der Waals surface area contributed by atoms with E-state index >= 15 is 0 Å². The highest BCUT2D eigenvalue weighted by molar-refractivity contribution is 6.11. The van der Waals surface area contributed by atoms with Gasteiger partial charge in [-0.15, -0.1) is 0 Å². The van der Waals surface area contributed by atoms with Crippen molar-refractivity contribution < 1.29 is 8.83 Å². The number of benzene rings is 3. The third-order valence-electron chi connectivity index (χ3n) is 4.16. The van der Waals surface area contributed by atoms with E-state index < -0.39 is 5.63 Å². The minimum Gasteiger partial charge on any atom is -0.436 e. The lowest BCUT2D eigenvalue weighted by Crippen LogP contribution is -1.98. The molecule has 2 aromatic heterocycles. The maximum atomic E-state index is 12.0. The number of fused-ring (bicyclic) bond motifs is 4. The zero-order chi connectivity index (χ0) is 16.1. The van der Waals surface area contributed by atoms with Gasteiger partial charge >= 0.3 is 5.63 Å². The lowest BCUT2D eigenvalue weighted by Gasteiger charge is -2.06. The first kappa shape index (κ1) is 13.1. The number of nitrogens with zero attached hydrogens (tertiary/aromatic N) is 1. The van der Waals surface area contributed by atoms with Crippen molar-refractivity contribution in [2.45, 2.75) is 0 Å². The molecule has 0 N–H and O–H groups in total. The summed E-state index contributed by atoms with van der Waals surface area (Å²) < 4.78 is 11.3. The van der Waals surface area contributed by atoms with Crippen molar-refractivity contribution in [3.63, 3.8) is 0 Å². The van der Waals surface area contributed by atoms with E-state index in [1.165, 1.54) is 6.07 Å². The van der Waals surface area contributed by atoms with Crippen LogP contribution in [0.1, 0.15) is 0 Å². The van der Waals surface area contributed by atoms with Gasteiger partial charge in [0.25, 0.3) is 0 Å². The Morgan fingerprint density at radius 3 is 2.54 bits per heavy atom. The lowest BCUT2D eigenvalue weighted by atomic mass is 10.0. The molecule has 3 aromatic carbocycles. The van der Waals surface area contributed by atoms with Gasteiger partial charge in [0.15, 0.2) is 5.58 Å². The number of hydrogen-bond donors (Lipinski definition) is 0. The van der Waals surface area contributed by atoms with Crippen molar-refractivity contribution >= 4 is 32.8 Å². The summed E-state index contributed by atoms with van der Waals surface area (Å²) in [6, 6.07) is 20.7. The predicted molar refractivity (Wildman–Crippen MR) is 93.0 cm³/mol. The lowest BCUT2D eigenvalue weighted by molar-refractivity contribution is 0.559. The Morgan fingerprint density at radius 2 is 1.62 bits per heavy atom. The van der Waals surface area contributed by atoms with Crippen molar-refractivity contribution in [1.82, 2.24) is 4.98 Å². The van der Waals surface area contributed by atoms with Crippen molar-refractivity contribution in [3.8, 4) is 11.5 Å². The second-order valence-corrected chi connectivity index (χ2v) is 5.63. The molecular weight excluding hydrogens is 302 g/mol. The molecule has 0 aliphatic rings. The van der Waals surface area contributed by atoms with Crippen LogP contribution in [0.25, 0.3) is 44.3 Å². The molecule has 0 aliphatic carbocycles. The highest BCUT2D eigenvalue weighted by Crippen LogP contribution is 2.34. The molecule has 0 bridgehead atoms. The zero-order valence-electron chi connectivity index (χ0n) is 12.5. The van der Waals surface area contributed by atoms with E-state index in [4.69, 9.17) is 8.83 Å². The van der Waals surface area contributed by atoms with Crippen LogP contribution < -0.4 is 5.63 Å². The van der Waals surface area contributed by atoms with Crippen LogP contribution in [0.5, 0.6) is 0 Å². The third kappa shape index (κ3) is 1.86. The van der Waals surface area contributed by atoms with Gasteiger partial charge < -0.3 is 8.83 Å². The molecule has 4 nitrogen and oxygen atoms in total. The molecule has 0 unspecified atom stereocenters. The Balaban J connectivity index is 1.96. The SMILES string of the molecule is O=c1cc(-c2nc3ccccc3o2)c2c(ccc3ccccc32)o1. The standard InChI is InChI=1S/C20H11NO3/c22-18-11-14(20-21-15-7-3-4-8-16(15)24-20)19-13-6-2-1-5-12(13)9-10-17(19)23-18/h1-11H. The Kier molecular flexibility index (Phi) is 2.61. The normalized spacial score (nSPS) is 11.5. The Morgan fingerprint density at radius 1 is 0.792 bits per heavy atom. The van der Waals surface area contributed by atoms with Gasteiger partial charge in [-0.25, -0.2) is 9.78 Å². The molecule has 24 heavy (non-hydrogen) atoms. The summed E-state index contributed by atoms with van der Waals surface area (Å²) in [5.74, 6) is 0.422. The van der Waals surface area contributed by atoms with Crippen LogP contribution in [0, 0.1) is 0 Å².